The molecule has 3 N–H and O–H groups in total. The van der Waals surface area contributed by atoms with Crippen molar-refractivity contribution in [3.8, 4) is 5.75 Å². The summed E-state index contributed by atoms with van der Waals surface area (Å²) in [4.78, 5) is 19.3. The van der Waals surface area contributed by atoms with Crippen molar-refractivity contribution in [2.24, 2.45) is 11.8 Å². The number of aliphatic hydroxyl groups excluding tert-OH is 2. The van der Waals surface area contributed by atoms with Gasteiger partial charge in [0.2, 0.25) is 5.75 Å². The third-order valence-electron chi connectivity index (χ3n) is 7.99. The molecule has 2 aliphatic heterocycles. The van der Waals surface area contributed by atoms with Crippen LogP contribution in [0.15, 0.2) is 35.3 Å². The van der Waals surface area contributed by atoms with Crippen molar-refractivity contribution >= 4 is 11.0 Å². The smallest absolute Gasteiger partial charge is 0.406 e. The van der Waals surface area contributed by atoms with Crippen LogP contribution in [0.5, 0.6) is 5.75 Å². The quantitative estimate of drug-likeness (QED) is 0.291. The van der Waals surface area contributed by atoms with E-state index in [-0.39, 0.29) is 30.6 Å². The fourth-order valence-electron chi connectivity index (χ4n) is 5.25. The maximum absolute atomic E-state index is 13.2. The van der Waals surface area contributed by atoms with E-state index in [1.165, 1.54) is 32.1 Å². The van der Waals surface area contributed by atoms with Crippen LogP contribution >= 0.6 is 0 Å². The van der Waals surface area contributed by atoms with Gasteiger partial charge in [0.05, 0.1) is 30.3 Å². The van der Waals surface area contributed by atoms with E-state index in [1.807, 2.05) is 56.3 Å². The molecule has 2 fully saturated rings. The van der Waals surface area contributed by atoms with E-state index in [1.54, 1.807) is 7.11 Å². The average Bonchev–Trinajstić information content (AvgIpc) is 3.13. The van der Waals surface area contributed by atoms with Gasteiger partial charge in [-0.25, -0.2) is 13.5 Å². The number of nitrogens with one attached hydrogen (secondary N) is 1. The molecule has 0 radical (unpaired) electrons. The lowest BCUT2D eigenvalue weighted by Crippen LogP contribution is -2.38. The van der Waals surface area contributed by atoms with Crippen LogP contribution in [0, 0.1) is 18.8 Å². The van der Waals surface area contributed by atoms with E-state index in [4.69, 9.17) is 19.7 Å². The Labute approximate surface area is 299 Å². The first-order chi connectivity index (χ1) is 24.0. The Morgan fingerprint density at radius 3 is 2.00 bits per heavy atom. The highest BCUT2D eigenvalue weighted by molar-refractivity contribution is 7.82. The van der Waals surface area contributed by atoms with Gasteiger partial charge in [-0.3, -0.25) is 9.36 Å². The second kappa shape index (κ2) is 27.3. The van der Waals surface area contributed by atoms with Crippen molar-refractivity contribution < 1.29 is 37.1 Å². The predicted octanol–water partition coefficient (Wildman–Crippen LogP) is 4.40. The highest BCUT2D eigenvalue weighted by atomic mass is 32.2. The van der Waals surface area contributed by atoms with Gasteiger partial charge in [-0.1, -0.05) is 50.6 Å². The van der Waals surface area contributed by atoms with Gasteiger partial charge in [-0.05, 0) is 70.1 Å². The second-order valence-corrected chi connectivity index (χ2v) is 13.4. The molecule has 3 heterocycles. The molecule has 2 saturated heterocycles. The first-order valence-corrected chi connectivity index (χ1v) is 18.5. The Morgan fingerprint density at radius 1 is 0.940 bits per heavy atom. The normalized spacial score (nSPS) is 16.3. The zero-order chi connectivity index (χ0) is 38.1. The van der Waals surface area contributed by atoms with Crippen molar-refractivity contribution in [3.63, 3.8) is 0 Å². The molecule has 50 heavy (non-hydrogen) atoms. The van der Waals surface area contributed by atoms with Crippen molar-refractivity contribution in [1.82, 2.24) is 24.1 Å². The SMILES string of the molecule is CC.CCS(=O)N1CCC(COc2cnc(CNCc3ccc(C)cc3)n(CC(F)(F)F)c2=O)CC1.CO.CO.COCC1CCN(C)CC1. The molecule has 1 atom stereocenters. The number of hydrogen-bond donors (Lipinski definition) is 3. The Balaban J connectivity index is 0.00000126. The molecule has 4 rings (SSSR count). The molecule has 290 valence electrons. The van der Waals surface area contributed by atoms with Gasteiger partial charge in [0.15, 0.2) is 0 Å². The minimum atomic E-state index is -4.57. The number of likely N-dealkylation sites (tertiary alicyclic amines) is 1. The van der Waals surface area contributed by atoms with Gasteiger partial charge < -0.3 is 29.9 Å². The molecule has 2 aromatic rings. The van der Waals surface area contributed by atoms with Crippen molar-refractivity contribution in [2.75, 3.05) is 73.5 Å². The monoisotopic (exact) mass is 737 g/mol. The zero-order valence-corrected chi connectivity index (χ0v) is 32.1. The first kappa shape index (κ1) is 47.6. The number of nitrogens with zero attached hydrogens (tertiary/aromatic N) is 4. The number of aryl methyl sites for hydroxylation is 1. The minimum absolute atomic E-state index is 0.00265. The topological polar surface area (TPSA) is 129 Å². The molecular weight excluding hydrogens is 675 g/mol. The highest BCUT2D eigenvalue weighted by Crippen LogP contribution is 2.21. The molecule has 0 spiro atoms. The third kappa shape index (κ3) is 18.7. The summed E-state index contributed by atoms with van der Waals surface area (Å²) >= 11 is 0. The lowest BCUT2D eigenvalue weighted by molar-refractivity contribution is -0.141. The van der Waals surface area contributed by atoms with Crippen molar-refractivity contribution in [3.05, 3.63) is 57.8 Å². The molecule has 1 aromatic heterocycles. The summed E-state index contributed by atoms with van der Waals surface area (Å²) in [6.07, 6.45) is 0.749. The lowest BCUT2D eigenvalue weighted by atomic mass is 9.98. The molecule has 11 nitrogen and oxygen atoms in total. The van der Waals surface area contributed by atoms with Crippen LogP contribution in [0.3, 0.4) is 0 Å². The number of ether oxygens (including phenoxy) is 2. The Hall–Kier alpha value is -2.40. The number of halogens is 3. The van der Waals surface area contributed by atoms with Crippen LogP contribution in [0.4, 0.5) is 13.2 Å². The third-order valence-corrected chi connectivity index (χ3v) is 9.43. The van der Waals surface area contributed by atoms with Crippen LogP contribution in [0.1, 0.15) is 63.4 Å². The van der Waals surface area contributed by atoms with Crippen LogP contribution < -0.4 is 15.6 Å². The molecule has 0 aliphatic carbocycles. The highest BCUT2D eigenvalue weighted by Gasteiger charge is 2.31. The summed E-state index contributed by atoms with van der Waals surface area (Å²) < 4.78 is 64.7. The summed E-state index contributed by atoms with van der Waals surface area (Å²) in [5.41, 5.74) is 1.24. The largest absolute Gasteiger partial charge is 0.486 e. The number of aromatic nitrogens is 2. The van der Waals surface area contributed by atoms with Crippen LogP contribution in [-0.4, -0.2) is 113 Å². The fraction of sp³-hybridized carbons (Fsp3) is 0.714. The summed E-state index contributed by atoms with van der Waals surface area (Å²) in [6.45, 7) is 11.8. The lowest BCUT2D eigenvalue weighted by Gasteiger charge is -2.30. The number of benzene rings is 1. The van der Waals surface area contributed by atoms with Crippen LogP contribution in [0.25, 0.3) is 0 Å². The molecule has 15 heteroatoms. The maximum atomic E-state index is 13.2. The van der Waals surface area contributed by atoms with Crippen LogP contribution in [-0.2, 0) is 35.4 Å². The van der Waals surface area contributed by atoms with Crippen molar-refractivity contribution in [1.29, 1.82) is 0 Å². The van der Waals surface area contributed by atoms with E-state index in [9.17, 15) is 22.2 Å². The molecule has 1 aromatic carbocycles. The summed E-state index contributed by atoms with van der Waals surface area (Å²) in [5, 5.41) is 17.1. The van der Waals surface area contributed by atoms with Gasteiger partial charge in [-0.2, -0.15) is 13.2 Å². The molecular formula is C35H62F3N5O6S. The average molecular weight is 738 g/mol. The molecule has 1 unspecified atom stereocenters. The maximum Gasteiger partial charge on any atom is 0.406 e. The standard InChI is InChI=1S/C23H31F3N4O3S.C8H17NO.C2H6.2CH4O/c1-3-34(32)29-10-8-19(9-11-29)15-33-20-13-28-21(30(22(20)31)16-23(24,25)26)14-27-12-18-6-4-17(2)5-7-18;1-9-5-3-8(4-6-9)7-10-2;3*1-2/h4-7,13,19,27H,3,8-12,14-16H2,1-2H3;8H,3-7H2,1-2H3;1-2H3;2*2H,1H3. The number of aliphatic hydroxyl groups is 2. The minimum Gasteiger partial charge on any atom is -0.486 e. The number of piperidine rings is 2. The molecule has 0 saturated carbocycles. The summed E-state index contributed by atoms with van der Waals surface area (Å²) in [7, 11) is 4.99. The zero-order valence-electron chi connectivity index (χ0n) is 31.3. The summed E-state index contributed by atoms with van der Waals surface area (Å²) in [6, 6.07) is 7.77. The van der Waals surface area contributed by atoms with Gasteiger partial charge >= 0.3 is 6.18 Å². The number of methoxy groups -OCH3 is 1. The number of alkyl halides is 3. The van der Waals surface area contributed by atoms with Crippen molar-refractivity contribution in [2.45, 2.75) is 79.2 Å². The molecule has 2 aliphatic rings. The fourth-order valence-corrected chi connectivity index (χ4v) is 6.23. The first-order valence-electron chi connectivity index (χ1n) is 17.2. The Bertz CT molecular complexity index is 1220. The predicted molar refractivity (Wildman–Crippen MR) is 194 cm³/mol. The Kier molecular flexibility index (Phi) is 26.0. The van der Waals surface area contributed by atoms with E-state index >= 15 is 0 Å². The summed E-state index contributed by atoms with van der Waals surface area (Å²) in [5.74, 6) is 1.33. The second-order valence-electron chi connectivity index (χ2n) is 11.6. The van der Waals surface area contributed by atoms with Gasteiger partial charge in [0.1, 0.15) is 12.4 Å². The number of hydrogen-bond acceptors (Lipinski definition) is 9. The van der Waals surface area contributed by atoms with Gasteiger partial charge in [0.25, 0.3) is 5.56 Å². The Morgan fingerprint density at radius 2 is 1.48 bits per heavy atom. The van der Waals surface area contributed by atoms with Gasteiger partial charge in [0, 0.05) is 53.3 Å². The van der Waals surface area contributed by atoms with E-state index in [0.717, 1.165) is 50.7 Å². The van der Waals surface area contributed by atoms with E-state index in [2.05, 4.69) is 22.2 Å². The number of rotatable bonds is 12. The van der Waals surface area contributed by atoms with E-state index in [0.29, 0.717) is 30.0 Å². The molecule has 0 bridgehead atoms. The van der Waals surface area contributed by atoms with E-state index < -0.39 is 29.3 Å². The van der Waals surface area contributed by atoms with Gasteiger partial charge in [-0.15, -0.1) is 0 Å². The van der Waals surface area contributed by atoms with Crippen LogP contribution in [0.2, 0.25) is 0 Å². The molecule has 0 amide bonds.